The molecule has 80 heavy (non-hydrogen) atoms. The third kappa shape index (κ3) is 13.9. The first-order valence-electron chi connectivity index (χ1n) is 30.2. The van der Waals surface area contributed by atoms with Crippen molar-refractivity contribution in [2.75, 3.05) is 0 Å². The highest BCUT2D eigenvalue weighted by atomic mass is 14.2. The van der Waals surface area contributed by atoms with Crippen molar-refractivity contribution in [2.24, 2.45) is 0 Å². The van der Waals surface area contributed by atoms with Gasteiger partial charge < -0.3 is 0 Å². The molecule has 0 saturated heterocycles. The Morgan fingerprint density at radius 1 is 0.125 bits per heavy atom. The van der Waals surface area contributed by atoms with Gasteiger partial charge in [0.25, 0.3) is 0 Å². The highest BCUT2D eigenvalue weighted by Crippen LogP contribution is 2.47. The van der Waals surface area contributed by atoms with Crippen LogP contribution in [0.4, 0.5) is 0 Å². The summed E-state index contributed by atoms with van der Waals surface area (Å²) in [6.45, 7) is 32.0. The lowest BCUT2D eigenvalue weighted by atomic mass is 9.89. The van der Waals surface area contributed by atoms with Crippen molar-refractivity contribution in [1.29, 1.82) is 0 Å². The molecule has 0 heteroatoms. The average Bonchev–Trinajstić information content (AvgIpc) is 3.92. The maximum absolute atomic E-state index is 2.25. The smallest absolute Gasteiger partial charge is 0.00203 e. The van der Waals surface area contributed by atoms with E-state index >= 15 is 0 Å². The van der Waals surface area contributed by atoms with E-state index in [0.717, 1.165) is 0 Å². The summed E-state index contributed by atoms with van der Waals surface area (Å²) in [5.74, 6) is 0. The second-order valence-electron chi connectivity index (χ2n) is 16.7. The zero-order chi connectivity index (χ0) is 58.4. The maximum atomic E-state index is 2.25. The zero-order valence-electron chi connectivity index (χ0n) is 51.2. The second-order valence-corrected chi connectivity index (χ2v) is 16.7. The molecule has 0 spiro atoms. The van der Waals surface area contributed by atoms with Crippen LogP contribution in [0.15, 0.2) is 255 Å². The topological polar surface area (TPSA) is 0 Å². The summed E-state index contributed by atoms with van der Waals surface area (Å²) in [5.41, 5.74) is 5.50. The van der Waals surface area contributed by atoms with E-state index in [1.54, 1.807) is 0 Å². The van der Waals surface area contributed by atoms with Crippen molar-refractivity contribution in [1.82, 2.24) is 0 Å². The lowest BCUT2D eigenvalue weighted by Crippen LogP contribution is -1.86. The fraction of sp³-hybridized carbons (Fsp3) is 0.200. The van der Waals surface area contributed by atoms with Gasteiger partial charge in [0.2, 0.25) is 0 Å². The minimum atomic E-state index is 1.31. The van der Waals surface area contributed by atoms with Crippen LogP contribution in [0.1, 0.15) is 111 Å². The molecule has 0 aliphatic heterocycles. The van der Waals surface area contributed by atoms with Gasteiger partial charge in [-0.15, -0.1) is 0 Å². The van der Waals surface area contributed by atoms with Crippen LogP contribution in [0.2, 0.25) is 0 Å². The Morgan fingerprint density at radius 2 is 0.300 bits per heavy atom. The first kappa shape index (κ1) is 64.2. The Balaban J connectivity index is 0.000000215. The van der Waals surface area contributed by atoms with Crippen molar-refractivity contribution in [3.8, 4) is 22.3 Å². The molecule has 14 aromatic rings. The van der Waals surface area contributed by atoms with E-state index in [1.807, 2.05) is 111 Å². The summed E-state index contributed by atoms with van der Waals surface area (Å²) in [7, 11) is 0. The van der Waals surface area contributed by atoms with Gasteiger partial charge in [-0.1, -0.05) is 366 Å². The van der Waals surface area contributed by atoms with Gasteiger partial charge in [-0.05, 0) is 119 Å². The van der Waals surface area contributed by atoms with Crippen molar-refractivity contribution in [2.45, 2.75) is 111 Å². The third-order valence-corrected chi connectivity index (χ3v) is 13.1. The van der Waals surface area contributed by atoms with Gasteiger partial charge in [-0.3, -0.25) is 0 Å². The van der Waals surface area contributed by atoms with E-state index in [1.165, 1.54) is 119 Å². The van der Waals surface area contributed by atoms with Crippen molar-refractivity contribution < 1.29 is 0 Å². The standard InChI is InChI=1S/C20H12.C18H12.C16H10.C10H8.8C2H6/c1-2-8-16-15(7-1)17-9-3-5-13-11-12-14-6-4-10-18(16)20(14)19(13)17;1-2-8-14-13(7-1)15-9-3-4-11-17(15)18-12-6-5-10-16(14)18;1-2-8-13-12(7-1)14-9-3-5-11-6-4-10-15(13)16(11)14;1-2-6-10-8-4-3-7-9(10)5-1;8*1-2/h1-12H;1-12H;1-10H;1-8H;8*1-2H3. The first-order valence-corrected chi connectivity index (χ1v) is 30.2. The minimum absolute atomic E-state index is 1.31. The number of hydrogen-bond donors (Lipinski definition) is 0. The fourth-order valence-electron chi connectivity index (χ4n) is 10.3. The van der Waals surface area contributed by atoms with Crippen LogP contribution in [0.3, 0.4) is 0 Å². The lowest BCUT2D eigenvalue weighted by molar-refractivity contribution is 1.50. The van der Waals surface area contributed by atoms with E-state index in [2.05, 4.69) is 255 Å². The third-order valence-electron chi connectivity index (χ3n) is 13.1. The summed E-state index contributed by atoms with van der Waals surface area (Å²) >= 11 is 0. The molecule has 0 unspecified atom stereocenters. The van der Waals surface area contributed by atoms with Gasteiger partial charge in [0, 0.05) is 0 Å². The average molecular weight is 1050 g/mol. The molecule has 0 aromatic heterocycles. The Hall–Kier alpha value is -8.32. The Labute approximate surface area is 482 Å². The summed E-state index contributed by atoms with van der Waals surface area (Å²) in [6, 6.07) is 90.9. The molecule has 410 valence electrons. The molecule has 14 aromatic carbocycles. The monoisotopic (exact) mass is 1050 g/mol. The summed E-state index contributed by atoms with van der Waals surface area (Å²) in [6.07, 6.45) is 0. The Kier molecular flexibility index (Phi) is 27.7. The Bertz CT molecular complexity index is 3590. The van der Waals surface area contributed by atoms with Crippen LogP contribution in [0.25, 0.3) is 119 Å². The lowest BCUT2D eigenvalue weighted by Gasteiger charge is -2.14. The quantitative estimate of drug-likeness (QED) is 0.105. The van der Waals surface area contributed by atoms with E-state index < -0.39 is 0 Å². The maximum Gasteiger partial charge on any atom is -0.00203 e. The summed E-state index contributed by atoms with van der Waals surface area (Å²) in [5, 5.41) is 24.3. The number of hydrogen-bond acceptors (Lipinski definition) is 0. The summed E-state index contributed by atoms with van der Waals surface area (Å²) < 4.78 is 0. The fourth-order valence-corrected chi connectivity index (χ4v) is 10.3. The largest absolute Gasteiger partial charge is 0.0683 e. The predicted molar refractivity (Wildman–Crippen MR) is 370 cm³/mol. The molecule has 0 amide bonds. The van der Waals surface area contributed by atoms with Crippen LogP contribution in [0, 0.1) is 0 Å². The minimum Gasteiger partial charge on any atom is -0.0683 e. The van der Waals surface area contributed by atoms with Gasteiger partial charge in [-0.25, -0.2) is 0 Å². The molecule has 0 nitrogen and oxygen atoms in total. The van der Waals surface area contributed by atoms with Gasteiger partial charge in [0.05, 0.1) is 0 Å². The molecule has 1 aliphatic carbocycles. The van der Waals surface area contributed by atoms with Crippen molar-refractivity contribution in [3.05, 3.63) is 255 Å². The first-order chi connectivity index (χ1) is 39.8. The van der Waals surface area contributed by atoms with Crippen molar-refractivity contribution in [3.63, 3.8) is 0 Å². The van der Waals surface area contributed by atoms with E-state index in [4.69, 9.17) is 0 Å². The highest BCUT2D eigenvalue weighted by Gasteiger charge is 2.19. The molecule has 0 fully saturated rings. The molecule has 15 rings (SSSR count). The van der Waals surface area contributed by atoms with Gasteiger partial charge in [-0.2, -0.15) is 0 Å². The molecular formula is C80H90. The molecule has 0 bridgehead atoms. The molecule has 0 heterocycles. The van der Waals surface area contributed by atoms with Crippen LogP contribution in [-0.4, -0.2) is 0 Å². The molecule has 0 atom stereocenters. The summed E-state index contributed by atoms with van der Waals surface area (Å²) in [4.78, 5) is 0. The Morgan fingerprint density at radius 3 is 0.575 bits per heavy atom. The van der Waals surface area contributed by atoms with Crippen LogP contribution in [0.5, 0.6) is 0 Å². The van der Waals surface area contributed by atoms with Crippen LogP contribution >= 0.6 is 0 Å². The highest BCUT2D eigenvalue weighted by molar-refractivity contribution is 6.33. The normalized spacial score (nSPS) is 9.75. The zero-order valence-corrected chi connectivity index (χ0v) is 51.2. The molecular weight excluding hydrogens is 961 g/mol. The molecule has 0 saturated carbocycles. The molecule has 0 N–H and O–H groups in total. The molecule has 0 radical (unpaired) electrons. The molecule has 1 aliphatic rings. The predicted octanol–water partition coefficient (Wildman–Crippen LogP) is 26.4. The SMILES string of the molecule is CC.CC.CC.CC.CC.CC.CC.CC.c1ccc2c(c1)-c1cccc3cccc-2c13.c1ccc2c(c1)c1cccc3ccc4cccc2c4c31.c1ccc2c(c1)c1ccccc1c1ccccc21.c1ccc2ccccc2c1. The van der Waals surface area contributed by atoms with Crippen LogP contribution in [-0.2, 0) is 0 Å². The second kappa shape index (κ2) is 34.5. The van der Waals surface area contributed by atoms with Crippen LogP contribution < -0.4 is 0 Å². The number of fused-ring (bicyclic) bond motifs is 13. The van der Waals surface area contributed by atoms with E-state index in [-0.39, 0.29) is 0 Å². The number of benzene rings is 14. The van der Waals surface area contributed by atoms with E-state index in [0.29, 0.717) is 0 Å². The van der Waals surface area contributed by atoms with Gasteiger partial charge in [0.1, 0.15) is 0 Å². The van der Waals surface area contributed by atoms with Gasteiger partial charge in [0.15, 0.2) is 0 Å². The van der Waals surface area contributed by atoms with E-state index in [9.17, 15) is 0 Å². The van der Waals surface area contributed by atoms with Crippen molar-refractivity contribution >= 4 is 97.0 Å². The van der Waals surface area contributed by atoms with Gasteiger partial charge >= 0.3 is 0 Å². The number of rotatable bonds is 0.